The van der Waals surface area contributed by atoms with Crippen molar-refractivity contribution in [1.29, 1.82) is 0 Å². The van der Waals surface area contributed by atoms with Crippen LogP contribution in [-0.4, -0.2) is 41.0 Å². The van der Waals surface area contributed by atoms with Crippen LogP contribution in [0.1, 0.15) is 18.7 Å². The third kappa shape index (κ3) is 3.55. The van der Waals surface area contributed by atoms with E-state index in [1.54, 1.807) is 11.3 Å². The average molecular weight is 299 g/mol. The predicted molar refractivity (Wildman–Crippen MR) is 83.4 cm³/mol. The molecule has 0 fully saturated rings. The highest BCUT2D eigenvalue weighted by molar-refractivity contribution is 7.18. The van der Waals surface area contributed by atoms with Crippen molar-refractivity contribution in [1.82, 2.24) is 14.9 Å². The van der Waals surface area contributed by atoms with Gasteiger partial charge in [0.25, 0.3) is 0 Å². The normalized spacial score (nSPS) is 11.4. The van der Waals surface area contributed by atoms with Gasteiger partial charge in [0.05, 0.1) is 5.39 Å². The lowest BCUT2D eigenvalue weighted by atomic mass is 10.3. The van der Waals surface area contributed by atoms with E-state index in [-0.39, 0.29) is 0 Å². The molecular weight excluding hydrogens is 280 g/mol. The minimum Gasteiger partial charge on any atom is -0.368 e. The van der Waals surface area contributed by atoms with E-state index in [4.69, 9.17) is 11.6 Å². The zero-order valence-electron chi connectivity index (χ0n) is 11.5. The van der Waals surface area contributed by atoms with E-state index in [0.29, 0.717) is 5.28 Å². The number of hydrogen-bond acceptors (Lipinski definition) is 5. The standard InChI is InChI=1S/C13H19ClN4S/c1-4-18(5-2)7-6-15-11-10-8-9(3)19-12(10)17-13(14)16-11/h8H,4-7H2,1-3H3,(H,15,16,17). The van der Waals surface area contributed by atoms with Gasteiger partial charge < -0.3 is 10.2 Å². The van der Waals surface area contributed by atoms with Gasteiger partial charge in [-0.1, -0.05) is 13.8 Å². The van der Waals surface area contributed by atoms with Crippen LogP contribution in [0.3, 0.4) is 0 Å². The molecule has 2 aromatic rings. The van der Waals surface area contributed by atoms with E-state index >= 15 is 0 Å². The lowest BCUT2D eigenvalue weighted by molar-refractivity contribution is 0.316. The number of thiophene rings is 1. The van der Waals surface area contributed by atoms with Crippen molar-refractivity contribution in [2.24, 2.45) is 0 Å². The molecule has 0 spiro atoms. The highest BCUT2D eigenvalue weighted by Gasteiger charge is 2.09. The zero-order valence-corrected chi connectivity index (χ0v) is 13.1. The SMILES string of the molecule is CCN(CC)CCNc1nc(Cl)nc2sc(C)cc12. The molecule has 1 N–H and O–H groups in total. The van der Waals surface area contributed by atoms with Gasteiger partial charge in [-0.3, -0.25) is 0 Å². The fourth-order valence-corrected chi connectivity index (χ4v) is 3.12. The molecule has 0 amide bonds. The summed E-state index contributed by atoms with van der Waals surface area (Å²) >= 11 is 7.61. The van der Waals surface area contributed by atoms with E-state index in [1.165, 1.54) is 4.88 Å². The second-order valence-electron chi connectivity index (χ2n) is 4.37. The molecule has 0 saturated carbocycles. The summed E-state index contributed by atoms with van der Waals surface area (Å²) in [5.41, 5.74) is 0. The van der Waals surface area contributed by atoms with Gasteiger partial charge in [-0.05, 0) is 37.7 Å². The molecule has 0 bridgehead atoms. The lowest BCUT2D eigenvalue weighted by Gasteiger charge is -2.18. The van der Waals surface area contributed by atoms with Crippen LogP contribution in [0.4, 0.5) is 5.82 Å². The maximum atomic E-state index is 5.96. The van der Waals surface area contributed by atoms with Crippen LogP contribution >= 0.6 is 22.9 Å². The number of aryl methyl sites for hydroxylation is 1. The van der Waals surface area contributed by atoms with Crippen molar-refractivity contribution in [3.05, 3.63) is 16.2 Å². The van der Waals surface area contributed by atoms with Crippen molar-refractivity contribution in [3.8, 4) is 0 Å². The van der Waals surface area contributed by atoms with Gasteiger partial charge in [-0.15, -0.1) is 11.3 Å². The van der Waals surface area contributed by atoms with Crippen molar-refractivity contribution in [2.45, 2.75) is 20.8 Å². The van der Waals surface area contributed by atoms with E-state index in [9.17, 15) is 0 Å². The van der Waals surface area contributed by atoms with Crippen LogP contribution < -0.4 is 5.32 Å². The van der Waals surface area contributed by atoms with Gasteiger partial charge in [0.1, 0.15) is 10.6 Å². The van der Waals surface area contributed by atoms with E-state index in [0.717, 1.165) is 42.2 Å². The number of likely N-dealkylation sites (N-methyl/N-ethyl adjacent to an activating group) is 1. The Morgan fingerprint density at radius 1 is 1.32 bits per heavy atom. The van der Waals surface area contributed by atoms with E-state index in [2.05, 4.69) is 47.0 Å². The molecule has 4 nitrogen and oxygen atoms in total. The van der Waals surface area contributed by atoms with Crippen LogP contribution in [0.5, 0.6) is 0 Å². The quantitative estimate of drug-likeness (QED) is 0.830. The molecule has 19 heavy (non-hydrogen) atoms. The summed E-state index contributed by atoms with van der Waals surface area (Å²) in [4.78, 5) is 13.1. The Bertz CT molecular complexity index is 551. The number of halogens is 1. The van der Waals surface area contributed by atoms with E-state index in [1.807, 2.05) is 0 Å². The summed E-state index contributed by atoms with van der Waals surface area (Å²) in [7, 11) is 0. The van der Waals surface area contributed by atoms with Crippen molar-refractivity contribution in [3.63, 3.8) is 0 Å². The van der Waals surface area contributed by atoms with Crippen LogP contribution in [0.15, 0.2) is 6.07 Å². The number of nitrogens with one attached hydrogen (secondary N) is 1. The molecule has 2 heterocycles. The first-order valence-corrected chi connectivity index (χ1v) is 7.73. The summed E-state index contributed by atoms with van der Waals surface area (Å²) in [6, 6.07) is 2.11. The largest absolute Gasteiger partial charge is 0.368 e. The number of hydrogen-bond donors (Lipinski definition) is 1. The Morgan fingerprint density at radius 2 is 2.05 bits per heavy atom. The third-order valence-corrected chi connectivity index (χ3v) is 4.22. The maximum Gasteiger partial charge on any atom is 0.225 e. The van der Waals surface area contributed by atoms with Crippen molar-refractivity contribution >= 4 is 39.0 Å². The van der Waals surface area contributed by atoms with Crippen molar-refractivity contribution < 1.29 is 0 Å². The second-order valence-corrected chi connectivity index (χ2v) is 5.94. The molecule has 0 atom stereocenters. The van der Waals surface area contributed by atoms with Crippen LogP contribution in [0.2, 0.25) is 5.28 Å². The molecule has 0 aliphatic heterocycles. The minimum atomic E-state index is 0.305. The molecular formula is C13H19ClN4S. The Hall–Kier alpha value is -0.910. The first-order valence-electron chi connectivity index (χ1n) is 6.54. The second kappa shape index (κ2) is 6.50. The van der Waals surface area contributed by atoms with Crippen LogP contribution in [-0.2, 0) is 0 Å². The Kier molecular flexibility index (Phi) is 4.96. The van der Waals surface area contributed by atoms with Crippen LogP contribution in [0, 0.1) is 6.92 Å². The molecule has 0 unspecified atom stereocenters. The highest BCUT2D eigenvalue weighted by atomic mass is 35.5. The predicted octanol–water partition coefficient (Wildman–Crippen LogP) is 3.41. The molecule has 0 aliphatic carbocycles. The first kappa shape index (κ1) is 14.5. The Balaban J connectivity index is 2.11. The summed E-state index contributed by atoms with van der Waals surface area (Å²) in [6.07, 6.45) is 0. The molecule has 0 radical (unpaired) electrons. The van der Waals surface area contributed by atoms with E-state index < -0.39 is 0 Å². The highest BCUT2D eigenvalue weighted by Crippen LogP contribution is 2.29. The smallest absolute Gasteiger partial charge is 0.225 e. The monoisotopic (exact) mass is 298 g/mol. The van der Waals surface area contributed by atoms with Gasteiger partial charge in [0.15, 0.2) is 0 Å². The van der Waals surface area contributed by atoms with Gasteiger partial charge in [-0.25, -0.2) is 9.97 Å². The summed E-state index contributed by atoms with van der Waals surface area (Å²) < 4.78 is 0. The van der Waals surface area contributed by atoms with Crippen molar-refractivity contribution in [2.75, 3.05) is 31.5 Å². The first-order chi connectivity index (χ1) is 9.13. The lowest BCUT2D eigenvalue weighted by Crippen LogP contribution is -2.28. The molecule has 6 heteroatoms. The maximum absolute atomic E-state index is 5.96. The fourth-order valence-electron chi connectivity index (χ4n) is 2.02. The van der Waals surface area contributed by atoms with Gasteiger partial charge in [0, 0.05) is 18.0 Å². The summed E-state index contributed by atoms with van der Waals surface area (Å²) in [5, 5.41) is 4.74. The summed E-state index contributed by atoms with van der Waals surface area (Å²) in [5.74, 6) is 0.839. The number of nitrogens with zero attached hydrogens (tertiary/aromatic N) is 3. The Labute approximate surface area is 122 Å². The number of fused-ring (bicyclic) bond motifs is 1. The average Bonchev–Trinajstić information content (AvgIpc) is 2.74. The van der Waals surface area contributed by atoms with Gasteiger partial charge in [-0.2, -0.15) is 0 Å². The molecule has 0 aliphatic rings. The van der Waals surface area contributed by atoms with Gasteiger partial charge in [0.2, 0.25) is 5.28 Å². The zero-order chi connectivity index (χ0) is 13.8. The molecule has 0 aromatic carbocycles. The molecule has 2 rings (SSSR count). The number of rotatable bonds is 6. The topological polar surface area (TPSA) is 41.0 Å². The van der Waals surface area contributed by atoms with Crippen LogP contribution in [0.25, 0.3) is 10.2 Å². The molecule has 2 aromatic heterocycles. The summed E-state index contributed by atoms with van der Waals surface area (Å²) in [6.45, 7) is 10.4. The fraction of sp³-hybridized carbons (Fsp3) is 0.538. The van der Waals surface area contributed by atoms with Gasteiger partial charge >= 0.3 is 0 Å². The number of anilines is 1. The third-order valence-electron chi connectivity index (χ3n) is 3.10. The molecule has 0 saturated heterocycles. The minimum absolute atomic E-state index is 0.305. The molecule has 104 valence electrons. The Morgan fingerprint density at radius 3 is 2.74 bits per heavy atom. The number of aromatic nitrogens is 2.